The van der Waals surface area contributed by atoms with Gasteiger partial charge in [0.1, 0.15) is 11.6 Å². The van der Waals surface area contributed by atoms with Gasteiger partial charge in [-0.3, -0.25) is 4.79 Å². The normalized spacial score (nSPS) is 24.4. The highest BCUT2D eigenvalue weighted by Crippen LogP contribution is 2.59. The van der Waals surface area contributed by atoms with E-state index in [0.29, 0.717) is 5.56 Å². The van der Waals surface area contributed by atoms with Crippen LogP contribution in [0, 0.1) is 17.2 Å². The lowest BCUT2D eigenvalue weighted by molar-refractivity contribution is -0.120. The zero-order valence-electron chi connectivity index (χ0n) is 10.7. The number of piperidine rings is 1. The Morgan fingerprint density at radius 2 is 2.16 bits per heavy atom. The molecule has 3 rings (SSSR count). The van der Waals surface area contributed by atoms with Crippen LogP contribution in [-0.2, 0) is 11.2 Å². The van der Waals surface area contributed by atoms with Crippen molar-refractivity contribution in [3.63, 3.8) is 0 Å². The number of carbonyl (C=O) groups is 1. The summed E-state index contributed by atoms with van der Waals surface area (Å²) in [5.74, 6) is 0.0865. The number of rotatable bonds is 3. The van der Waals surface area contributed by atoms with E-state index in [1.165, 1.54) is 6.07 Å². The van der Waals surface area contributed by atoms with Gasteiger partial charge in [-0.1, -0.05) is 15.9 Å². The molecule has 0 bridgehead atoms. The minimum atomic E-state index is -0.281. The van der Waals surface area contributed by atoms with Gasteiger partial charge in [0.2, 0.25) is 0 Å². The lowest BCUT2D eigenvalue weighted by atomic mass is 9.89. The van der Waals surface area contributed by atoms with Gasteiger partial charge >= 0.3 is 0 Å². The summed E-state index contributed by atoms with van der Waals surface area (Å²) >= 11 is 3.32. The van der Waals surface area contributed by atoms with Crippen LogP contribution in [0.15, 0.2) is 22.7 Å². The van der Waals surface area contributed by atoms with Gasteiger partial charge in [0.05, 0.1) is 0 Å². The van der Waals surface area contributed by atoms with Crippen molar-refractivity contribution in [1.29, 1.82) is 0 Å². The molecule has 1 atom stereocenters. The minimum Gasteiger partial charge on any atom is -0.317 e. The van der Waals surface area contributed by atoms with Gasteiger partial charge in [0.15, 0.2) is 0 Å². The topological polar surface area (TPSA) is 29.1 Å². The zero-order valence-corrected chi connectivity index (χ0v) is 12.3. The number of hydrogen-bond acceptors (Lipinski definition) is 2. The fraction of sp³-hybridized carbons (Fsp3) is 0.533. The zero-order chi connectivity index (χ0) is 13.5. The van der Waals surface area contributed by atoms with Crippen LogP contribution in [0.2, 0.25) is 0 Å². The number of ketones is 1. The maximum absolute atomic E-state index is 13.7. The molecule has 2 fully saturated rings. The Hall–Kier alpha value is -0.740. The van der Waals surface area contributed by atoms with E-state index in [-0.39, 0.29) is 29.4 Å². The van der Waals surface area contributed by atoms with Crippen LogP contribution in [0.4, 0.5) is 4.39 Å². The maximum Gasteiger partial charge on any atom is 0.141 e. The number of nitrogens with one attached hydrogen (secondary N) is 1. The predicted molar refractivity (Wildman–Crippen MR) is 75.5 cm³/mol. The van der Waals surface area contributed by atoms with E-state index < -0.39 is 0 Å². The number of benzene rings is 1. The predicted octanol–water partition coefficient (Wildman–Crippen LogP) is 3.09. The van der Waals surface area contributed by atoms with Gasteiger partial charge in [-0.15, -0.1) is 0 Å². The molecule has 0 aromatic heterocycles. The SMILES string of the molecule is O=C(Cc1cc(Br)ccc1F)C1CC12CCNCC2. The summed E-state index contributed by atoms with van der Waals surface area (Å²) in [5, 5.41) is 3.33. The summed E-state index contributed by atoms with van der Waals surface area (Å²) in [6.45, 7) is 2.02. The first-order chi connectivity index (χ1) is 9.11. The summed E-state index contributed by atoms with van der Waals surface area (Å²) < 4.78 is 14.5. The van der Waals surface area contributed by atoms with Crippen molar-refractivity contribution in [3.05, 3.63) is 34.1 Å². The average Bonchev–Trinajstić information content (AvgIpc) is 3.08. The molecule has 2 nitrogen and oxygen atoms in total. The number of Topliss-reactive ketones (excluding diaryl/α,β-unsaturated/α-hetero) is 1. The molecule has 1 N–H and O–H groups in total. The van der Waals surface area contributed by atoms with Crippen molar-refractivity contribution in [3.8, 4) is 0 Å². The summed E-state index contributed by atoms with van der Waals surface area (Å²) in [4.78, 5) is 12.3. The van der Waals surface area contributed by atoms with Gasteiger partial charge in [-0.2, -0.15) is 0 Å². The Labute approximate surface area is 120 Å². The van der Waals surface area contributed by atoms with Crippen LogP contribution in [-0.4, -0.2) is 18.9 Å². The van der Waals surface area contributed by atoms with E-state index >= 15 is 0 Å². The molecule has 0 radical (unpaired) electrons. The van der Waals surface area contributed by atoms with Crippen LogP contribution in [0.5, 0.6) is 0 Å². The van der Waals surface area contributed by atoms with Crippen molar-refractivity contribution >= 4 is 21.7 Å². The molecular weight excluding hydrogens is 309 g/mol. The standard InChI is InChI=1S/C15H17BrFNO/c16-11-1-2-13(17)10(7-11)8-14(19)12-9-15(12)3-5-18-6-4-15/h1-2,7,12,18H,3-6,8-9H2. The van der Waals surface area contributed by atoms with Crippen LogP contribution in [0.3, 0.4) is 0 Å². The van der Waals surface area contributed by atoms with Crippen molar-refractivity contribution in [2.24, 2.45) is 11.3 Å². The highest BCUT2D eigenvalue weighted by molar-refractivity contribution is 9.10. The van der Waals surface area contributed by atoms with Crippen molar-refractivity contribution < 1.29 is 9.18 Å². The second-order valence-electron chi connectivity index (χ2n) is 5.75. The summed E-state index contributed by atoms with van der Waals surface area (Å²) in [5.41, 5.74) is 0.750. The second kappa shape index (κ2) is 4.98. The molecule has 4 heteroatoms. The highest BCUT2D eigenvalue weighted by atomic mass is 79.9. The van der Waals surface area contributed by atoms with Crippen LogP contribution >= 0.6 is 15.9 Å². The molecule has 19 heavy (non-hydrogen) atoms. The lowest BCUT2D eigenvalue weighted by Gasteiger charge is -2.23. The number of carbonyl (C=O) groups excluding carboxylic acids is 1. The van der Waals surface area contributed by atoms with Gasteiger partial charge in [0.25, 0.3) is 0 Å². The van der Waals surface area contributed by atoms with Gasteiger partial charge in [-0.25, -0.2) is 4.39 Å². The molecule has 1 heterocycles. The van der Waals surface area contributed by atoms with Crippen molar-refractivity contribution in [1.82, 2.24) is 5.32 Å². The molecule has 1 spiro atoms. The fourth-order valence-electron chi connectivity index (χ4n) is 3.27. The summed E-state index contributed by atoms with van der Waals surface area (Å²) in [7, 11) is 0. The average molecular weight is 326 g/mol. The van der Waals surface area contributed by atoms with E-state index in [2.05, 4.69) is 21.2 Å². The van der Waals surface area contributed by atoms with Gasteiger partial charge in [0, 0.05) is 16.8 Å². The van der Waals surface area contributed by atoms with E-state index in [4.69, 9.17) is 0 Å². The minimum absolute atomic E-state index is 0.160. The van der Waals surface area contributed by atoms with Crippen LogP contribution in [0.1, 0.15) is 24.8 Å². The molecule has 1 saturated heterocycles. The van der Waals surface area contributed by atoms with E-state index in [9.17, 15) is 9.18 Å². The first kappa shape index (κ1) is 13.3. The Morgan fingerprint density at radius 1 is 1.42 bits per heavy atom. The third-order valence-electron chi connectivity index (χ3n) is 4.55. The first-order valence-corrected chi connectivity index (χ1v) is 7.57. The Kier molecular flexibility index (Phi) is 3.48. The van der Waals surface area contributed by atoms with E-state index in [0.717, 1.165) is 36.8 Å². The quantitative estimate of drug-likeness (QED) is 0.925. The molecule has 1 saturated carbocycles. The van der Waals surface area contributed by atoms with Crippen LogP contribution < -0.4 is 5.32 Å². The molecular formula is C15H17BrFNO. The molecule has 1 aliphatic carbocycles. The molecule has 1 aromatic carbocycles. The van der Waals surface area contributed by atoms with Crippen LogP contribution in [0.25, 0.3) is 0 Å². The number of hydrogen-bond donors (Lipinski definition) is 1. The van der Waals surface area contributed by atoms with E-state index in [1.807, 2.05) is 0 Å². The first-order valence-electron chi connectivity index (χ1n) is 6.78. The Morgan fingerprint density at radius 3 is 2.89 bits per heavy atom. The van der Waals surface area contributed by atoms with Crippen molar-refractivity contribution in [2.75, 3.05) is 13.1 Å². The second-order valence-corrected chi connectivity index (χ2v) is 6.66. The molecule has 1 aromatic rings. The monoisotopic (exact) mass is 325 g/mol. The third-order valence-corrected chi connectivity index (χ3v) is 5.04. The Bertz CT molecular complexity index is 511. The molecule has 1 aliphatic heterocycles. The Balaban J connectivity index is 1.68. The van der Waals surface area contributed by atoms with E-state index in [1.54, 1.807) is 12.1 Å². The number of halogens is 2. The molecule has 2 aliphatic rings. The summed E-state index contributed by atoms with van der Waals surface area (Å²) in [6, 6.07) is 4.79. The maximum atomic E-state index is 13.7. The largest absolute Gasteiger partial charge is 0.317 e. The smallest absolute Gasteiger partial charge is 0.141 e. The molecule has 1 unspecified atom stereocenters. The van der Waals surface area contributed by atoms with Gasteiger partial charge < -0.3 is 5.32 Å². The lowest BCUT2D eigenvalue weighted by Crippen LogP contribution is -2.31. The molecule has 0 amide bonds. The highest BCUT2D eigenvalue weighted by Gasteiger charge is 2.56. The molecule has 102 valence electrons. The van der Waals surface area contributed by atoms with Gasteiger partial charge in [-0.05, 0) is 61.5 Å². The third kappa shape index (κ3) is 2.61. The van der Waals surface area contributed by atoms with Crippen molar-refractivity contribution in [2.45, 2.75) is 25.7 Å². The fourth-order valence-corrected chi connectivity index (χ4v) is 3.68. The summed E-state index contributed by atoms with van der Waals surface area (Å²) in [6.07, 6.45) is 3.41.